The number of amides is 3. The van der Waals surface area contributed by atoms with E-state index in [4.69, 9.17) is 5.11 Å². The Bertz CT molecular complexity index is 341. The minimum atomic E-state index is -0.928. The average Bonchev–Trinajstić information content (AvgIpc) is 3.12. The molecule has 0 heterocycles. The second-order valence-electron chi connectivity index (χ2n) is 4.38. The third kappa shape index (κ3) is 4.23. The third-order valence-corrected chi connectivity index (χ3v) is 2.79. The average molecular weight is 257 g/mol. The van der Waals surface area contributed by atoms with Gasteiger partial charge in [0.2, 0.25) is 5.91 Å². The molecule has 2 N–H and O–H groups in total. The number of carbonyl (C=O) groups excluding carboxylic acids is 2. The van der Waals surface area contributed by atoms with Crippen molar-refractivity contribution in [2.75, 3.05) is 27.2 Å². The maximum atomic E-state index is 12.1. The molecule has 7 heteroatoms. The zero-order chi connectivity index (χ0) is 13.7. The van der Waals surface area contributed by atoms with Crippen LogP contribution in [-0.4, -0.2) is 66.0 Å². The number of hydrogen-bond donors (Lipinski definition) is 2. The molecule has 1 aliphatic rings. The number of carbonyl (C=O) groups is 3. The van der Waals surface area contributed by atoms with Gasteiger partial charge in [0, 0.05) is 26.7 Å². The van der Waals surface area contributed by atoms with Crippen molar-refractivity contribution in [1.29, 1.82) is 0 Å². The van der Waals surface area contributed by atoms with Crippen molar-refractivity contribution in [3.63, 3.8) is 0 Å². The molecule has 0 aliphatic heterocycles. The summed E-state index contributed by atoms with van der Waals surface area (Å²) < 4.78 is 0. The molecule has 1 fully saturated rings. The lowest BCUT2D eigenvalue weighted by Gasteiger charge is -2.27. The monoisotopic (exact) mass is 257 g/mol. The quantitative estimate of drug-likeness (QED) is 0.685. The molecule has 1 rings (SSSR count). The van der Waals surface area contributed by atoms with Crippen molar-refractivity contribution in [1.82, 2.24) is 15.1 Å². The number of urea groups is 1. The van der Waals surface area contributed by atoms with Crippen LogP contribution in [0.2, 0.25) is 0 Å². The standard InChI is InChI=1S/C11H19N3O4/c1-12-9(15)7-13(2)11(18)14(8-3-4-8)6-5-10(16)17/h8H,3-7H2,1-2H3,(H,12,15)(H,16,17). The molecule has 0 radical (unpaired) electrons. The van der Waals surface area contributed by atoms with Gasteiger partial charge >= 0.3 is 12.0 Å². The Morgan fingerprint density at radius 2 is 1.94 bits per heavy atom. The summed E-state index contributed by atoms with van der Waals surface area (Å²) in [6.07, 6.45) is 1.73. The molecule has 7 nitrogen and oxygen atoms in total. The molecule has 0 aromatic heterocycles. The zero-order valence-corrected chi connectivity index (χ0v) is 10.7. The summed E-state index contributed by atoms with van der Waals surface area (Å²) >= 11 is 0. The van der Waals surface area contributed by atoms with Gasteiger partial charge in [0.05, 0.1) is 6.42 Å². The van der Waals surface area contributed by atoms with E-state index >= 15 is 0 Å². The minimum Gasteiger partial charge on any atom is -0.481 e. The van der Waals surface area contributed by atoms with Gasteiger partial charge in [-0.25, -0.2) is 4.79 Å². The van der Waals surface area contributed by atoms with Gasteiger partial charge in [0.15, 0.2) is 0 Å². The van der Waals surface area contributed by atoms with Gasteiger partial charge in [0.25, 0.3) is 0 Å². The maximum absolute atomic E-state index is 12.1. The van der Waals surface area contributed by atoms with Crippen LogP contribution in [0.25, 0.3) is 0 Å². The summed E-state index contributed by atoms with van der Waals surface area (Å²) in [4.78, 5) is 36.6. The lowest BCUT2D eigenvalue weighted by Crippen LogP contribution is -2.46. The highest BCUT2D eigenvalue weighted by atomic mass is 16.4. The van der Waals surface area contributed by atoms with Crippen LogP contribution >= 0.6 is 0 Å². The van der Waals surface area contributed by atoms with Crippen LogP contribution in [0.15, 0.2) is 0 Å². The van der Waals surface area contributed by atoms with E-state index in [2.05, 4.69) is 5.32 Å². The first kappa shape index (κ1) is 14.3. The van der Waals surface area contributed by atoms with E-state index in [9.17, 15) is 14.4 Å². The van der Waals surface area contributed by atoms with E-state index < -0.39 is 5.97 Å². The highest BCUT2D eigenvalue weighted by Crippen LogP contribution is 2.27. The van der Waals surface area contributed by atoms with Gasteiger partial charge in [-0.15, -0.1) is 0 Å². The van der Waals surface area contributed by atoms with E-state index in [1.54, 1.807) is 0 Å². The Morgan fingerprint density at radius 3 is 2.39 bits per heavy atom. The van der Waals surface area contributed by atoms with Gasteiger partial charge in [-0.3, -0.25) is 9.59 Å². The summed E-state index contributed by atoms with van der Waals surface area (Å²) in [6, 6.07) is -0.161. The Balaban J connectivity index is 2.53. The number of carboxylic acid groups (broad SMARTS) is 1. The summed E-state index contributed by atoms with van der Waals surface area (Å²) in [6.45, 7) is 0.169. The Labute approximate surface area is 106 Å². The number of nitrogens with one attached hydrogen (secondary N) is 1. The van der Waals surface area contributed by atoms with Crippen LogP contribution in [-0.2, 0) is 9.59 Å². The van der Waals surface area contributed by atoms with E-state index in [0.717, 1.165) is 12.8 Å². The third-order valence-electron chi connectivity index (χ3n) is 2.79. The fourth-order valence-corrected chi connectivity index (χ4v) is 1.62. The lowest BCUT2D eigenvalue weighted by atomic mass is 10.3. The molecule has 102 valence electrons. The van der Waals surface area contributed by atoms with Crippen molar-refractivity contribution in [2.45, 2.75) is 25.3 Å². The largest absolute Gasteiger partial charge is 0.481 e. The van der Waals surface area contributed by atoms with Gasteiger partial charge in [-0.05, 0) is 12.8 Å². The van der Waals surface area contributed by atoms with Crippen LogP contribution in [0, 0.1) is 0 Å². The smallest absolute Gasteiger partial charge is 0.320 e. The Morgan fingerprint density at radius 1 is 1.33 bits per heavy atom. The van der Waals surface area contributed by atoms with Crippen LogP contribution in [0.4, 0.5) is 4.79 Å². The van der Waals surface area contributed by atoms with Gasteiger partial charge < -0.3 is 20.2 Å². The molecular formula is C11H19N3O4. The molecule has 0 unspecified atom stereocenters. The van der Waals surface area contributed by atoms with E-state index in [0.29, 0.717) is 0 Å². The molecule has 0 aromatic carbocycles. The van der Waals surface area contributed by atoms with Crippen molar-refractivity contribution in [3.8, 4) is 0 Å². The van der Waals surface area contributed by atoms with Crippen LogP contribution in [0.3, 0.4) is 0 Å². The number of aliphatic carboxylic acids is 1. The first-order chi connectivity index (χ1) is 8.45. The topological polar surface area (TPSA) is 90.0 Å². The normalized spacial score (nSPS) is 13.9. The van der Waals surface area contributed by atoms with Gasteiger partial charge in [-0.2, -0.15) is 0 Å². The van der Waals surface area contributed by atoms with Crippen LogP contribution in [0.1, 0.15) is 19.3 Å². The summed E-state index contributed by atoms with van der Waals surface area (Å²) in [5.74, 6) is -1.18. The summed E-state index contributed by atoms with van der Waals surface area (Å²) in [5.41, 5.74) is 0. The van der Waals surface area contributed by atoms with Gasteiger partial charge in [-0.1, -0.05) is 0 Å². The van der Waals surface area contributed by atoms with E-state index in [-0.39, 0.29) is 37.5 Å². The number of rotatable bonds is 6. The lowest BCUT2D eigenvalue weighted by molar-refractivity contribution is -0.137. The minimum absolute atomic E-state index is 0.0222. The highest BCUT2D eigenvalue weighted by Gasteiger charge is 2.34. The van der Waals surface area contributed by atoms with Crippen LogP contribution < -0.4 is 5.32 Å². The molecule has 0 atom stereocenters. The number of carboxylic acids is 1. The Hall–Kier alpha value is -1.79. The predicted octanol–water partition coefficient (Wildman–Crippen LogP) is -0.277. The molecule has 0 bridgehead atoms. The number of hydrogen-bond acceptors (Lipinski definition) is 3. The van der Waals surface area contributed by atoms with E-state index in [1.807, 2.05) is 0 Å². The van der Waals surface area contributed by atoms with Gasteiger partial charge in [0.1, 0.15) is 6.54 Å². The number of nitrogens with zero attached hydrogens (tertiary/aromatic N) is 2. The first-order valence-electron chi connectivity index (χ1n) is 5.89. The molecule has 0 aromatic rings. The van der Waals surface area contributed by atoms with Crippen molar-refractivity contribution >= 4 is 17.9 Å². The molecule has 0 saturated heterocycles. The Kier molecular flexibility index (Phi) is 4.94. The van der Waals surface area contributed by atoms with Crippen LogP contribution in [0.5, 0.6) is 0 Å². The summed E-state index contributed by atoms with van der Waals surface area (Å²) in [7, 11) is 3.04. The molecule has 18 heavy (non-hydrogen) atoms. The van der Waals surface area contributed by atoms with E-state index in [1.165, 1.54) is 23.9 Å². The fourth-order valence-electron chi connectivity index (χ4n) is 1.62. The van der Waals surface area contributed by atoms with Crippen molar-refractivity contribution < 1.29 is 19.5 Å². The van der Waals surface area contributed by atoms with Crippen molar-refractivity contribution in [3.05, 3.63) is 0 Å². The molecule has 1 aliphatic carbocycles. The molecule has 0 spiro atoms. The zero-order valence-electron chi connectivity index (χ0n) is 10.7. The first-order valence-corrected chi connectivity index (χ1v) is 5.89. The molecular weight excluding hydrogens is 238 g/mol. The second kappa shape index (κ2) is 6.23. The molecule has 1 saturated carbocycles. The van der Waals surface area contributed by atoms with Crippen molar-refractivity contribution in [2.24, 2.45) is 0 Å². The number of likely N-dealkylation sites (N-methyl/N-ethyl adjacent to an activating group) is 2. The maximum Gasteiger partial charge on any atom is 0.320 e. The highest BCUT2D eigenvalue weighted by molar-refractivity contribution is 5.84. The fraction of sp³-hybridized carbons (Fsp3) is 0.727. The predicted molar refractivity (Wildman–Crippen MR) is 64.1 cm³/mol. The SMILES string of the molecule is CNC(=O)CN(C)C(=O)N(CCC(=O)O)C1CC1. The molecule has 3 amide bonds. The summed E-state index contributed by atoms with van der Waals surface area (Å²) in [5, 5.41) is 11.1. The second-order valence-corrected chi connectivity index (χ2v) is 4.38.